The average Bonchev–Trinajstić information content (AvgIpc) is 2.34. The van der Waals surface area contributed by atoms with Gasteiger partial charge in [-0.05, 0) is 51.1 Å². The number of hydrogen-bond donors (Lipinski definition) is 1. The molecule has 0 heterocycles. The molecule has 2 unspecified atom stereocenters. The van der Waals surface area contributed by atoms with Crippen molar-refractivity contribution in [3.05, 3.63) is 28.7 Å². The predicted octanol–water partition coefficient (Wildman–Crippen LogP) is 3.33. The van der Waals surface area contributed by atoms with Gasteiger partial charge < -0.3 is 5.32 Å². The standard InChI is InChI=1S/C13H20BrNOS/c1-11(15-2)5-3-4-10-17(16)13-8-6-12(14)7-9-13/h6-9,11,15H,3-5,10H2,1-2H3. The van der Waals surface area contributed by atoms with E-state index in [1.165, 1.54) is 0 Å². The molecule has 0 aromatic heterocycles. The fourth-order valence-electron chi connectivity index (χ4n) is 1.53. The Morgan fingerprint density at radius 1 is 1.29 bits per heavy atom. The maximum absolute atomic E-state index is 12.0. The summed E-state index contributed by atoms with van der Waals surface area (Å²) in [6.07, 6.45) is 3.30. The molecule has 0 amide bonds. The molecular weight excluding hydrogens is 298 g/mol. The fraction of sp³-hybridized carbons (Fsp3) is 0.538. The van der Waals surface area contributed by atoms with Crippen LogP contribution >= 0.6 is 15.9 Å². The number of rotatable bonds is 7. The molecule has 0 bridgehead atoms. The van der Waals surface area contributed by atoms with Crippen LogP contribution in [0.3, 0.4) is 0 Å². The summed E-state index contributed by atoms with van der Waals surface area (Å²) >= 11 is 3.38. The highest BCUT2D eigenvalue weighted by molar-refractivity contribution is 9.10. The lowest BCUT2D eigenvalue weighted by Gasteiger charge is -2.09. The normalized spacial score (nSPS) is 14.5. The third-order valence-electron chi connectivity index (χ3n) is 2.79. The van der Waals surface area contributed by atoms with Crippen molar-refractivity contribution >= 4 is 26.7 Å². The van der Waals surface area contributed by atoms with Crippen molar-refractivity contribution in [3.8, 4) is 0 Å². The largest absolute Gasteiger partial charge is 0.317 e. The van der Waals surface area contributed by atoms with Crippen LogP contribution in [0.2, 0.25) is 0 Å². The van der Waals surface area contributed by atoms with Gasteiger partial charge in [0.15, 0.2) is 0 Å². The fourth-order valence-corrected chi connectivity index (χ4v) is 2.94. The highest BCUT2D eigenvalue weighted by Gasteiger charge is 2.04. The number of nitrogens with one attached hydrogen (secondary N) is 1. The molecule has 1 aromatic rings. The van der Waals surface area contributed by atoms with E-state index < -0.39 is 10.8 Å². The molecule has 0 saturated carbocycles. The van der Waals surface area contributed by atoms with Crippen LogP contribution in [-0.2, 0) is 10.8 Å². The summed E-state index contributed by atoms with van der Waals surface area (Å²) < 4.78 is 13.0. The van der Waals surface area contributed by atoms with Gasteiger partial charge in [-0.15, -0.1) is 0 Å². The number of benzene rings is 1. The Kier molecular flexibility index (Phi) is 7.00. The summed E-state index contributed by atoms with van der Waals surface area (Å²) in [6.45, 7) is 2.17. The summed E-state index contributed by atoms with van der Waals surface area (Å²) in [5.74, 6) is 0.762. The van der Waals surface area contributed by atoms with Crippen LogP contribution in [0.5, 0.6) is 0 Å². The lowest BCUT2D eigenvalue weighted by Crippen LogP contribution is -2.20. The molecule has 0 aliphatic carbocycles. The van der Waals surface area contributed by atoms with Gasteiger partial charge in [0, 0.05) is 21.2 Å². The van der Waals surface area contributed by atoms with E-state index in [2.05, 4.69) is 28.2 Å². The first-order valence-electron chi connectivity index (χ1n) is 5.94. The van der Waals surface area contributed by atoms with Gasteiger partial charge in [0.05, 0.1) is 10.8 Å². The van der Waals surface area contributed by atoms with Crippen LogP contribution in [0.25, 0.3) is 0 Å². The molecule has 4 heteroatoms. The molecule has 17 heavy (non-hydrogen) atoms. The van der Waals surface area contributed by atoms with Crippen LogP contribution in [0.15, 0.2) is 33.6 Å². The molecule has 0 radical (unpaired) electrons. The highest BCUT2D eigenvalue weighted by atomic mass is 79.9. The molecule has 0 aliphatic rings. The van der Waals surface area contributed by atoms with Gasteiger partial charge in [-0.2, -0.15) is 0 Å². The topological polar surface area (TPSA) is 29.1 Å². The molecular formula is C13H20BrNOS. The first-order valence-corrected chi connectivity index (χ1v) is 8.06. The summed E-state index contributed by atoms with van der Waals surface area (Å²) in [6, 6.07) is 8.29. The van der Waals surface area contributed by atoms with E-state index in [1.807, 2.05) is 31.3 Å². The lowest BCUT2D eigenvalue weighted by atomic mass is 10.1. The smallest absolute Gasteiger partial charge is 0.0529 e. The Bertz CT molecular complexity index is 353. The zero-order valence-electron chi connectivity index (χ0n) is 10.4. The Balaban J connectivity index is 2.28. The second-order valence-electron chi connectivity index (χ2n) is 4.19. The van der Waals surface area contributed by atoms with Crippen LogP contribution in [0.1, 0.15) is 26.2 Å². The third-order valence-corrected chi connectivity index (χ3v) is 4.77. The molecule has 1 rings (SSSR count). The van der Waals surface area contributed by atoms with Gasteiger partial charge in [-0.1, -0.05) is 22.4 Å². The summed E-state index contributed by atoms with van der Waals surface area (Å²) in [5.41, 5.74) is 0. The van der Waals surface area contributed by atoms with Crippen molar-refractivity contribution in [2.45, 2.75) is 37.1 Å². The van der Waals surface area contributed by atoms with Gasteiger partial charge in [-0.25, -0.2) is 0 Å². The van der Waals surface area contributed by atoms with E-state index in [0.717, 1.165) is 34.4 Å². The zero-order chi connectivity index (χ0) is 12.7. The molecule has 2 nitrogen and oxygen atoms in total. The molecule has 1 aromatic carbocycles. The minimum absolute atomic E-state index is 0.552. The molecule has 96 valence electrons. The average molecular weight is 318 g/mol. The number of halogens is 1. The monoisotopic (exact) mass is 317 g/mol. The van der Waals surface area contributed by atoms with E-state index in [0.29, 0.717) is 6.04 Å². The third kappa shape index (κ3) is 5.80. The maximum atomic E-state index is 12.0. The van der Waals surface area contributed by atoms with Crippen molar-refractivity contribution in [2.75, 3.05) is 12.8 Å². The SMILES string of the molecule is CNC(C)CCCCS(=O)c1ccc(Br)cc1. The molecule has 2 atom stereocenters. The molecule has 0 fully saturated rings. The lowest BCUT2D eigenvalue weighted by molar-refractivity contribution is 0.537. The summed E-state index contributed by atoms with van der Waals surface area (Å²) in [5, 5.41) is 3.21. The Labute approximate surface area is 115 Å². The van der Waals surface area contributed by atoms with Crippen LogP contribution in [0.4, 0.5) is 0 Å². The molecule has 1 N–H and O–H groups in total. The predicted molar refractivity (Wildman–Crippen MR) is 77.8 cm³/mol. The van der Waals surface area contributed by atoms with Crippen molar-refractivity contribution in [1.29, 1.82) is 0 Å². The van der Waals surface area contributed by atoms with Gasteiger partial charge in [0.25, 0.3) is 0 Å². The summed E-state index contributed by atoms with van der Waals surface area (Å²) in [4.78, 5) is 0.926. The minimum atomic E-state index is -0.850. The summed E-state index contributed by atoms with van der Waals surface area (Å²) in [7, 11) is 1.13. The number of hydrogen-bond acceptors (Lipinski definition) is 2. The van der Waals surface area contributed by atoms with Gasteiger partial charge >= 0.3 is 0 Å². The first kappa shape index (κ1) is 14.9. The van der Waals surface area contributed by atoms with Crippen molar-refractivity contribution < 1.29 is 4.21 Å². The highest BCUT2D eigenvalue weighted by Crippen LogP contribution is 2.14. The second-order valence-corrected chi connectivity index (χ2v) is 6.68. The van der Waals surface area contributed by atoms with E-state index in [9.17, 15) is 4.21 Å². The molecule has 0 saturated heterocycles. The second kappa shape index (κ2) is 8.01. The van der Waals surface area contributed by atoms with Gasteiger partial charge in [0.1, 0.15) is 0 Å². The first-order chi connectivity index (χ1) is 8.13. The number of unbranched alkanes of at least 4 members (excludes halogenated alkanes) is 1. The van der Waals surface area contributed by atoms with Crippen molar-refractivity contribution in [1.82, 2.24) is 5.32 Å². The van der Waals surface area contributed by atoms with E-state index in [4.69, 9.17) is 0 Å². The molecule has 0 aliphatic heterocycles. The van der Waals surface area contributed by atoms with Crippen molar-refractivity contribution in [3.63, 3.8) is 0 Å². The van der Waals surface area contributed by atoms with Gasteiger partial charge in [0.2, 0.25) is 0 Å². The Hall–Kier alpha value is -0.190. The maximum Gasteiger partial charge on any atom is 0.0529 e. The van der Waals surface area contributed by atoms with Crippen LogP contribution < -0.4 is 5.32 Å². The quantitative estimate of drug-likeness (QED) is 0.781. The molecule has 0 spiro atoms. The Morgan fingerprint density at radius 2 is 1.94 bits per heavy atom. The van der Waals surface area contributed by atoms with E-state index in [1.54, 1.807) is 0 Å². The minimum Gasteiger partial charge on any atom is -0.317 e. The zero-order valence-corrected chi connectivity index (χ0v) is 12.8. The van der Waals surface area contributed by atoms with E-state index in [-0.39, 0.29) is 0 Å². The van der Waals surface area contributed by atoms with Crippen molar-refractivity contribution in [2.24, 2.45) is 0 Å². The van der Waals surface area contributed by atoms with E-state index >= 15 is 0 Å². The Morgan fingerprint density at radius 3 is 2.53 bits per heavy atom. The van der Waals surface area contributed by atoms with Crippen LogP contribution in [0, 0.1) is 0 Å². The van der Waals surface area contributed by atoms with Crippen LogP contribution in [-0.4, -0.2) is 23.1 Å². The van der Waals surface area contributed by atoms with Gasteiger partial charge in [-0.3, -0.25) is 4.21 Å².